The summed E-state index contributed by atoms with van der Waals surface area (Å²) in [6.45, 7) is 7.35. The van der Waals surface area contributed by atoms with Crippen LogP contribution in [0.15, 0.2) is 16.5 Å². The lowest BCUT2D eigenvalue weighted by molar-refractivity contribution is 0.0769. The minimum atomic E-state index is -0.155. The number of hydrogen-bond donors (Lipinski definition) is 1. The minimum absolute atomic E-state index is 0.0374. The molecule has 21 heavy (non-hydrogen) atoms. The van der Waals surface area contributed by atoms with E-state index >= 15 is 0 Å². The van der Waals surface area contributed by atoms with Crippen molar-refractivity contribution in [3.05, 3.63) is 46.2 Å². The molecule has 2 aromatic rings. The zero-order chi connectivity index (χ0) is 15.7. The van der Waals surface area contributed by atoms with Crippen molar-refractivity contribution in [2.24, 2.45) is 0 Å². The first-order chi connectivity index (χ1) is 9.81. The molecule has 0 radical (unpaired) electrons. The van der Waals surface area contributed by atoms with Crippen LogP contribution in [0.5, 0.6) is 0 Å². The Balaban J connectivity index is 2.23. The van der Waals surface area contributed by atoms with Crippen LogP contribution in [-0.2, 0) is 6.54 Å². The van der Waals surface area contributed by atoms with Gasteiger partial charge in [0.25, 0.3) is 5.91 Å². The molecule has 5 heteroatoms. The van der Waals surface area contributed by atoms with Crippen molar-refractivity contribution in [1.82, 2.24) is 9.88 Å². The van der Waals surface area contributed by atoms with Gasteiger partial charge in [0.1, 0.15) is 17.2 Å². The molecule has 0 fully saturated rings. The number of Topliss-reactive ketones (excluding diaryl/α,β-unsaturated/α-hetero) is 1. The lowest BCUT2D eigenvalue weighted by Gasteiger charge is -2.15. The molecular formula is C16H20N2O3. The zero-order valence-electron chi connectivity index (χ0n) is 13.0. The van der Waals surface area contributed by atoms with Gasteiger partial charge in [-0.15, -0.1) is 0 Å². The number of carbonyl (C=O) groups excluding carboxylic acids is 2. The van der Waals surface area contributed by atoms with Crippen molar-refractivity contribution >= 4 is 11.7 Å². The fourth-order valence-corrected chi connectivity index (χ4v) is 2.56. The summed E-state index contributed by atoms with van der Waals surface area (Å²) >= 11 is 0. The summed E-state index contributed by atoms with van der Waals surface area (Å²) in [4.78, 5) is 28.7. The van der Waals surface area contributed by atoms with Crippen LogP contribution in [0.2, 0.25) is 0 Å². The van der Waals surface area contributed by atoms with Crippen molar-refractivity contribution in [2.75, 3.05) is 7.05 Å². The van der Waals surface area contributed by atoms with Crippen molar-refractivity contribution in [1.29, 1.82) is 0 Å². The highest BCUT2D eigenvalue weighted by Gasteiger charge is 2.22. The normalized spacial score (nSPS) is 10.7. The standard InChI is InChI=1S/C16H20N2O3/c1-9-6-7-13(21-9)8-18(5)16(20)15-10(2)14(12(4)19)11(3)17-15/h6-7,17H,8H2,1-5H3. The average Bonchev–Trinajstić information content (AvgIpc) is 2.92. The summed E-state index contributed by atoms with van der Waals surface area (Å²) in [6, 6.07) is 3.72. The predicted molar refractivity (Wildman–Crippen MR) is 79.5 cm³/mol. The summed E-state index contributed by atoms with van der Waals surface area (Å²) in [5, 5.41) is 0. The van der Waals surface area contributed by atoms with E-state index in [-0.39, 0.29) is 11.7 Å². The molecule has 0 bridgehead atoms. The van der Waals surface area contributed by atoms with Crippen LogP contribution in [0.1, 0.15) is 50.5 Å². The largest absolute Gasteiger partial charge is 0.464 e. The number of amides is 1. The Hall–Kier alpha value is -2.30. The molecule has 0 spiro atoms. The molecule has 5 nitrogen and oxygen atoms in total. The molecule has 0 aliphatic carbocycles. The molecule has 2 heterocycles. The van der Waals surface area contributed by atoms with Gasteiger partial charge in [0.2, 0.25) is 0 Å². The molecule has 0 unspecified atom stereocenters. The third-order valence-corrected chi connectivity index (χ3v) is 3.54. The Morgan fingerprint density at radius 3 is 2.38 bits per heavy atom. The highest BCUT2D eigenvalue weighted by atomic mass is 16.3. The highest BCUT2D eigenvalue weighted by Crippen LogP contribution is 2.20. The molecule has 0 aliphatic heterocycles. The van der Waals surface area contributed by atoms with E-state index in [0.717, 1.165) is 17.2 Å². The first-order valence-electron chi connectivity index (χ1n) is 6.82. The molecule has 0 atom stereocenters. The monoisotopic (exact) mass is 288 g/mol. The van der Waals surface area contributed by atoms with Gasteiger partial charge < -0.3 is 14.3 Å². The van der Waals surface area contributed by atoms with E-state index in [0.29, 0.717) is 23.4 Å². The van der Waals surface area contributed by atoms with Crippen LogP contribution in [0.4, 0.5) is 0 Å². The van der Waals surface area contributed by atoms with E-state index < -0.39 is 0 Å². The number of aromatic amines is 1. The van der Waals surface area contributed by atoms with Gasteiger partial charge in [-0.2, -0.15) is 0 Å². The molecule has 0 saturated carbocycles. The number of rotatable bonds is 4. The van der Waals surface area contributed by atoms with E-state index in [1.807, 2.05) is 19.1 Å². The fraction of sp³-hybridized carbons (Fsp3) is 0.375. The van der Waals surface area contributed by atoms with Gasteiger partial charge in [0.05, 0.1) is 6.54 Å². The number of hydrogen-bond acceptors (Lipinski definition) is 3. The Morgan fingerprint density at radius 1 is 1.24 bits per heavy atom. The van der Waals surface area contributed by atoms with Gasteiger partial charge in [0, 0.05) is 18.3 Å². The number of aromatic nitrogens is 1. The van der Waals surface area contributed by atoms with E-state index in [1.165, 1.54) is 6.92 Å². The van der Waals surface area contributed by atoms with Gasteiger partial charge in [-0.3, -0.25) is 9.59 Å². The van der Waals surface area contributed by atoms with Crippen molar-refractivity contribution < 1.29 is 14.0 Å². The maximum absolute atomic E-state index is 12.5. The Bertz CT molecular complexity index is 694. The van der Waals surface area contributed by atoms with Crippen LogP contribution < -0.4 is 0 Å². The van der Waals surface area contributed by atoms with E-state index in [4.69, 9.17) is 4.42 Å². The summed E-state index contributed by atoms with van der Waals surface area (Å²) in [5.74, 6) is 1.36. The van der Waals surface area contributed by atoms with Crippen molar-refractivity contribution in [3.8, 4) is 0 Å². The molecule has 1 N–H and O–H groups in total. The van der Waals surface area contributed by atoms with Crippen molar-refractivity contribution in [3.63, 3.8) is 0 Å². The van der Waals surface area contributed by atoms with Gasteiger partial charge in [-0.05, 0) is 45.4 Å². The topological polar surface area (TPSA) is 66.3 Å². The maximum atomic E-state index is 12.5. The summed E-state index contributed by atoms with van der Waals surface area (Å²) < 4.78 is 5.48. The minimum Gasteiger partial charge on any atom is -0.464 e. The van der Waals surface area contributed by atoms with E-state index in [1.54, 1.807) is 25.8 Å². The molecule has 0 saturated heterocycles. The molecule has 1 amide bonds. The number of carbonyl (C=O) groups is 2. The molecule has 2 rings (SSSR count). The van der Waals surface area contributed by atoms with Gasteiger partial charge in [-0.1, -0.05) is 0 Å². The second kappa shape index (κ2) is 5.60. The predicted octanol–water partition coefficient (Wildman–Crippen LogP) is 3.01. The van der Waals surface area contributed by atoms with Gasteiger partial charge in [0.15, 0.2) is 5.78 Å². The summed E-state index contributed by atoms with van der Waals surface area (Å²) in [6.07, 6.45) is 0. The Kier molecular flexibility index (Phi) is 4.02. The van der Waals surface area contributed by atoms with Crippen LogP contribution in [0, 0.1) is 20.8 Å². The van der Waals surface area contributed by atoms with Gasteiger partial charge in [-0.25, -0.2) is 0 Å². The highest BCUT2D eigenvalue weighted by molar-refractivity contribution is 6.02. The first kappa shape index (κ1) is 15.1. The molecule has 2 aromatic heterocycles. The zero-order valence-corrected chi connectivity index (χ0v) is 13.0. The molecule has 112 valence electrons. The van der Waals surface area contributed by atoms with Crippen LogP contribution in [0.3, 0.4) is 0 Å². The number of ketones is 1. The number of aryl methyl sites for hydroxylation is 2. The second-order valence-electron chi connectivity index (χ2n) is 5.35. The number of nitrogens with one attached hydrogen (secondary N) is 1. The number of H-pyrrole nitrogens is 1. The lowest BCUT2D eigenvalue weighted by Crippen LogP contribution is -2.27. The Labute approximate surface area is 123 Å². The summed E-state index contributed by atoms with van der Waals surface area (Å²) in [5.41, 5.74) is 2.49. The summed E-state index contributed by atoms with van der Waals surface area (Å²) in [7, 11) is 1.71. The maximum Gasteiger partial charge on any atom is 0.270 e. The molecular weight excluding hydrogens is 268 g/mol. The lowest BCUT2D eigenvalue weighted by atomic mass is 10.1. The third kappa shape index (κ3) is 2.91. The quantitative estimate of drug-likeness (QED) is 0.879. The van der Waals surface area contributed by atoms with Crippen LogP contribution in [-0.4, -0.2) is 28.6 Å². The van der Waals surface area contributed by atoms with Gasteiger partial charge >= 0.3 is 0 Å². The fourth-order valence-electron chi connectivity index (χ4n) is 2.56. The van der Waals surface area contributed by atoms with E-state index in [9.17, 15) is 9.59 Å². The third-order valence-electron chi connectivity index (χ3n) is 3.54. The second-order valence-corrected chi connectivity index (χ2v) is 5.35. The smallest absolute Gasteiger partial charge is 0.270 e. The number of furan rings is 1. The SMILES string of the molecule is CC(=O)c1c(C)[nH]c(C(=O)N(C)Cc2ccc(C)o2)c1C. The first-order valence-corrected chi connectivity index (χ1v) is 6.82. The Morgan fingerprint density at radius 2 is 1.90 bits per heavy atom. The van der Waals surface area contributed by atoms with E-state index in [2.05, 4.69) is 4.98 Å². The van der Waals surface area contributed by atoms with Crippen molar-refractivity contribution in [2.45, 2.75) is 34.2 Å². The molecule has 0 aliphatic rings. The van der Waals surface area contributed by atoms with Crippen LogP contribution in [0.25, 0.3) is 0 Å². The average molecular weight is 288 g/mol. The van der Waals surface area contributed by atoms with Crippen LogP contribution >= 0.6 is 0 Å². The molecule has 0 aromatic carbocycles. The number of nitrogens with zero attached hydrogens (tertiary/aromatic N) is 1.